The van der Waals surface area contributed by atoms with Crippen LogP contribution in [0.5, 0.6) is 0 Å². The topological polar surface area (TPSA) is 87.7 Å². The van der Waals surface area contributed by atoms with Crippen molar-refractivity contribution in [1.29, 1.82) is 0 Å². The number of hydrogen-bond donors (Lipinski definition) is 2. The molecule has 9 heteroatoms. The summed E-state index contributed by atoms with van der Waals surface area (Å²) in [6.45, 7) is 0.496. The van der Waals surface area contributed by atoms with E-state index in [-0.39, 0.29) is 10.9 Å². The highest BCUT2D eigenvalue weighted by molar-refractivity contribution is 7.92. The molecule has 0 atom stereocenters. The molecule has 0 bridgehead atoms. The molecule has 0 spiro atoms. The van der Waals surface area contributed by atoms with Gasteiger partial charge in [-0.3, -0.25) is 9.10 Å². The van der Waals surface area contributed by atoms with Gasteiger partial charge in [0.15, 0.2) is 5.11 Å². The molecular weight excluding hydrogens is 398 g/mol. The van der Waals surface area contributed by atoms with Gasteiger partial charge >= 0.3 is 5.97 Å². The second kappa shape index (κ2) is 10.0. The number of sulfonamides is 1. The van der Waals surface area contributed by atoms with Gasteiger partial charge in [0.2, 0.25) is 0 Å². The van der Waals surface area contributed by atoms with Crippen molar-refractivity contribution in [2.75, 3.05) is 30.3 Å². The minimum atomic E-state index is -3.71. The number of thiocarbonyl (C=S) groups is 1. The number of nitrogens with zero attached hydrogens (tertiary/aromatic N) is 1. The summed E-state index contributed by atoms with van der Waals surface area (Å²) in [5.41, 5.74) is 1.12. The Balaban J connectivity index is 2.01. The summed E-state index contributed by atoms with van der Waals surface area (Å²) in [5, 5.41) is 6.27. The van der Waals surface area contributed by atoms with Crippen LogP contribution in [-0.2, 0) is 19.6 Å². The average molecular weight is 422 g/mol. The summed E-state index contributed by atoms with van der Waals surface area (Å²) in [6, 6.07) is 15.3. The van der Waals surface area contributed by atoms with Gasteiger partial charge in [-0.05, 0) is 49.0 Å². The minimum absolute atomic E-state index is 0.150. The van der Waals surface area contributed by atoms with E-state index in [9.17, 15) is 13.2 Å². The molecule has 0 aliphatic rings. The van der Waals surface area contributed by atoms with Crippen molar-refractivity contribution in [3.05, 3.63) is 54.6 Å². The van der Waals surface area contributed by atoms with E-state index in [2.05, 4.69) is 15.4 Å². The molecule has 2 aromatic carbocycles. The normalized spacial score (nSPS) is 10.8. The van der Waals surface area contributed by atoms with E-state index in [0.29, 0.717) is 35.9 Å². The monoisotopic (exact) mass is 421 g/mol. The third kappa shape index (κ3) is 5.93. The number of benzene rings is 2. The van der Waals surface area contributed by atoms with Crippen LogP contribution in [0.2, 0.25) is 0 Å². The van der Waals surface area contributed by atoms with Crippen LogP contribution < -0.4 is 14.9 Å². The van der Waals surface area contributed by atoms with Gasteiger partial charge in [0.1, 0.15) is 0 Å². The van der Waals surface area contributed by atoms with Crippen LogP contribution in [0, 0.1) is 0 Å². The molecule has 7 nitrogen and oxygen atoms in total. The maximum absolute atomic E-state index is 12.9. The van der Waals surface area contributed by atoms with Crippen molar-refractivity contribution in [1.82, 2.24) is 5.32 Å². The first-order valence-electron chi connectivity index (χ1n) is 8.60. The fraction of sp³-hybridized carbons (Fsp3) is 0.263. The highest BCUT2D eigenvalue weighted by Gasteiger charge is 2.21. The summed E-state index contributed by atoms with van der Waals surface area (Å²) in [5.74, 6) is -0.277. The molecule has 2 rings (SSSR count). The molecule has 0 fully saturated rings. The first-order valence-corrected chi connectivity index (χ1v) is 10.4. The molecule has 28 heavy (non-hydrogen) atoms. The highest BCUT2D eigenvalue weighted by atomic mass is 32.2. The van der Waals surface area contributed by atoms with Crippen LogP contribution in [0.1, 0.15) is 12.8 Å². The maximum Gasteiger partial charge on any atom is 0.305 e. The lowest BCUT2D eigenvalue weighted by Gasteiger charge is -2.20. The lowest BCUT2D eigenvalue weighted by atomic mass is 10.3. The Labute approximate surface area is 170 Å². The third-order valence-electron chi connectivity index (χ3n) is 3.94. The van der Waals surface area contributed by atoms with E-state index >= 15 is 0 Å². The van der Waals surface area contributed by atoms with Crippen LogP contribution in [-0.4, -0.2) is 40.2 Å². The van der Waals surface area contributed by atoms with E-state index in [1.165, 1.54) is 30.6 Å². The standard InChI is InChI=1S/C19H23N3O4S2/c1-22(16-9-4-3-5-10-16)28(24,25)17-11-6-8-15(14-17)21-19(27)20-13-7-12-18(23)26-2/h3-6,8-11,14H,7,12-13H2,1-2H3,(H2,20,21,27). The number of anilines is 2. The molecule has 0 aromatic heterocycles. The van der Waals surface area contributed by atoms with Crippen LogP contribution in [0.4, 0.5) is 11.4 Å². The third-order valence-corrected chi connectivity index (χ3v) is 5.97. The van der Waals surface area contributed by atoms with Crippen LogP contribution in [0.3, 0.4) is 0 Å². The molecule has 2 aromatic rings. The molecule has 0 aliphatic carbocycles. The number of ether oxygens (including phenoxy) is 1. The quantitative estimate of drug-likeness (QED) is 0.385. The molecular formula is C19H23N3O4S2. The highest BCUT2D eigenvalue weighted by Crippen LogP contribution is 2.23. The molecule has 0 amide bonds. The number of carbonyl (C=O) groups excluding carboxylic acids is 1. The van der Waals surface area contributed by atoms with Gasteiger partial charge in [0.05, 0.1) is 17.7 Å². The lowest BCUT2D eigenvalue weighted by Crippen LogP contribution is -2.30. The number of para-hydroxylation sites is 1. The van der Waals surface area contributed by atoms with Gasteiger partial charge in [-0.15, -0.1) is 0 Å². The van der Waals surface area contributed by atoms with Gasteiger partial charge in [-0.2, -0.15) is 0 Å². The number of nitrogens with one attached hydrogen (secondary N) is 2. The zero-order valence-corrected chi connectivity index (χ0v) is 17.3. The van der Waals surface area contributed by atoms with Crippen molar-refractivity contribution in [2.24, 2.45) is 0 Å². The molecule has 0 radical (unpaired) electrons. The van der Waals surface area contributed by atoms with Gasteiger partial charge in [0, 0.05) is 25.7 Å². The van der Waals surface area contributed by atoms with E-state index in [1.807, 2.05) is 6.07 Å². The molecule has 0 unspecified atom stereocenters. The molecule has 0 aliphatic heterocycles. The van der Waals surface area contributed by atoms with Crippen molar-refractivity contribution in [3.8, 4) is 0 Å². The van der Waals surface area contributed by atoms with E-state index in [1.54, 1.807) is 36.4 Å². The molecule has 0 saturated heterocycles. The van der Waals surface area contributed by atoms with Crippen molar-refractivity contribution in [3.63, 3.8) is 0 Å². The smallest absolute Gasteiger partial charge is 0.305 e. The average Bonchev–Trinajstić information content (AvgIpc) is 2.71. The zero-order valence-electron chi connectivity index (χ0n) is 15.7. The Bertz CT molecular complexity index is 918. The Morgan fingerprint density at radius 1 is 1.14 bits per heavy atom. The zero-order chi connectivity index (χ0) is 20.6. The van der Waals surface area contributed by atoms with E-state index < -0.39 is 10.0 Å². The van der Waals surface area contributed by atoms with Gasteiger partial charge in [0.25, 0.3) is 10.0 Å². The number of methoxy groups -OCH3 is 1. The molecule has 150 valence electrons. The Morgan fingerprint density at radius 2 is 1.86 bits per heavy atom. The van der Waals surface area contributed by atoms with Crippen LogP contribution in [0.15, 0.2) is 59.5 Å². The van der Waals surface area contributed by atoms with E-state index in [4.69, 9.17) is 12.2 Å². The lowest BCUT2D eigenvalue weighted by molar-refractivity contribution is -0.140. The van der Waals surface area contributed by atoms with Crippen molar-refractivity contribution >= 4 is 44.7 Å². The fourth-order valence-corrected chi connectivity index (χ4v) is 3.84. The second-order valence-corrected chi connectivity index (χ2v) is 8.27. The predicted octanol–water partition coefficient (Wildman–Crippen LogP) is 2.75. The summed E-state index contributed by atoms with van der Waals surface area (Å²) in [6.07, 6.45) is 0.871. The van der Waals surface area contributed by atoms with Crippen LogP contribution >= 0.6 is 12.2 Å². The Hall–Kier alpha value is -2.65. The predicted molar refractivity (Wildman–Crippen MR) is 114 cm³/mol. The summed E-state index contributed by atoms with van der Waals surface area (Å²) in [4.78, 5) is 11.2. The van der Waals surface area contributed by atoms with Crippen LogP contribution in [0.25, 0.3) is 0 Å². The van der Waals surface area contributed by atoms with Crippen molar-refractivity contribution in [2.45, 2.75) is 17.7 Å². The van der Waals surface area contributed by atoms with Crippen molar-refractivity contribution < 1.29 is 17.9 Å². The SMILES string of the molecule is COC(=O)CCCNC(=S)Nc1cccc(S(=O)(=O)N(C)c2ccccc2)c1. The summed E-state index contributed by atoms with van der Waals surface area (Å²) in [7, 11) is -0.848. The molecule has 0 saturated carbocycles. The van der Waals surface area contributed by atoms with Gasteiger partial charge < -0.3 is 15.4 Å². The summed E-state index contributed by atoms with van der Waals surface area (Å²) < 4.78 is 31.6. The maximum atomic E-state index is 12.9. The minimum Gasteiger partial charge on any atom is -0.469 e. The van der Waals surface area contributed by atoms with E-state index in [0.717, 1.165) is 0 Å². The second-order valence-electron chi connectivity index (χ2n) is 5.90. The fourth-order valence-electron chi connectivity index (χ4n) is 2.38. The van der Waals surface area contributed by atoms with Gasteiger partial charge in [-0.1, -0.05) is 24.3 Å². The number of hydrogen-bond acceptors (Lipinski definition) is 5. The first kappa shape index (κ1) is 21.6. The summed E-state index contributed by atoms with van der Waals surface area (Å²) >= 11 is 5.21. The Morgan fingerprint density at radius 3 is 2.54 bits per heavy atom. The van der Waals surface area contributed by atoms with Gasteiger partial charge in [-0.25, -0.2) is 8.42 Å². The number of carbonyl (C=O) groups is 1. The first-order chi connectivity index (χ1) is 13.3. The molecule has 0 heterocycles. The Kier molecular flexibility index (Phi) is 7.77. The molecule has 2 N–H and O–H groups in total. The number of esters is 1. The number of rotatable bonds is 8. The largest absolute Gasteiger partial charge is 0.469 e.